The lowest BCUT2D eigenvalue weighted by Crippen LogP contribution is -2.21. The number of aromatic nitrogens is 1. The van der Waals surface area contributed by atoms with E-state index in [2.05, 4.69) is 50.7 Å². The van der Waals surface area contributed by atoms with Gasteiger partial charge in [-0.1, -0.05) is 6.92 Å². The Morgan fingerprint density at radius 3 is 2.69 bits per heavy atom. The number of nitrogens with zero attached hydrogens (tertiary/aromatic N) is 1. The van der Waals surface area contributed by atoms with Crippen molar-refractivity contribution in [2.24, 2.45) is 5.73 Å². The minimum absolute atomic E-state index is 0.0597. The fraction of sp³-hybridized carbons (Fsp3) is 0.692. The lowest BCUT2D eigenvalue weighted by Gasteiger charge is -2.19. The molecule has 0 fully saturated rings. The van der Waals surface area contributed by atoms with Crippen molar-refractivity contribution in [2.75, 3.05) is 6.61 Å². The molecule has 16 heavy (non-hydrogen) atoms. The second kappa shape index (κ2) is 5.51. The monoisotopic (exact) mass is 224 g/mol. The minimum Gasteiger partial charge on any atom is -0.374 e. The van der Waals surface area contributed by atoms with Crippen LogP contribution in [-0.2, 0) is 11.3 Å². The number of ether oxygens (including phenoxy) is 1. The topological polar surface area (TPSA) is 40.2 Å². The zero-order valence-electron chi connectivity index (χ0n) is 10.9. The Hall–Kier alpha value is -0.800. The molecule has 1 rings (SSSR count). The Bertz CT molecular complexity index is 312. The highest BCUT2D eigenvalue weighted by Gasteiger charge is 2.09. The Morgan fingerprint density at radius 1 is 1.44 bits per heavy atom. The van der Waals surface area contributed by atoms with Crippen LogP contribution >= 0.6 is 0 Å². The molecule has 0 saturated carbocycles. The standard InChI is InChI=1S/C13H24N2O/c1-5-12(14)11-6-7-15(10-11)8-9-16-13(2,3)4/h6-7,10,12H,5,8-9,14H2,1-4H3. The van der Waals surface area contributed by atoms with Crippen LogP contribution < -0.4 is 5.73 Å². The van der Waals surface area contributed by atoms with E-state index in [-0.39, 0.29) is 11.6 Å². The molecule has 0 aromatic carbocycles. The van der Waals surface area contributed by atoms with Crippen LogP contribution in [0, 0.1) is 0 Å². The van der Waals surface area contributed by atoms with E-state index in [0.29, 0.717) is 0 Å². The van der Waals surface area contributed by atoms with Gasteiger partial charge < -0.3 is 15.0 Å². The highest BCUT2D eigenvalue weighted by atomic mass is 16.5. The van der Waals surface area contributed by atoms with Crippen molar-refractivity contribution >= 4 is 0 Å². The second-order valence-corrected chi connectivity index (χ2v) is 5.16. The van der Waals surface area contributed by atoms with Gasteiger partial charge in [0.25, 0.3) is 0 Å². The van der Waals surface area contributed by atoms with Gasteiger partial charge >= 0.3 is 0 Å². The van der Waals surface area contributed by atoms with Gasteiger partial charge in [0, 0.05) is 25.0 Å². The molecular formula is C13H24N2O. The highest BCUT2D eigenvalue weighted by molar-refractivity contribution is 5.14. The van der Waals surface area contributed by atoms with E-state index in [1.54, 1.807) is 0 Å². The maximum atomic E-state index is 5.96. The van der Waals surface area contributed by atoms with Gasteiger partial charge in [0.05, 0.1) is 12.2 Å². The van der Waals surface area contributed by atoms with Crippen molar-refractivity contribution in [3.8, 4) is 0 Å². The molecule has 0 radical (unpaired) electrons. The van der Waals surface area contributed by atoms with Crippen LogP contribution in [0.2, 0.25) is 0 Å². The van der Waals surface area contributed by atoms with Crippen LogP contribution in [0.4, 0.5) is 0 Å². The summed E-state index contributed by atoms with van der Waals surface area (Å²) in [6.45, 7) is 9.93. The Kier molecular flexibility index (Phi) is 4.56. The molecule has 1 aromatic heterocycles. The van der Waals surface area contributed by atoms with Crippen molar-refractivity contribution < 1.29 is 4.74 Å². The summed E-state index contributed by atoms with van der Waals surface area (Å²) in [7, 11) is 0. The first-order valence-corrected chi connectivity index (χ1v) is 5.97. The largest absolute Gasteiger partial charge is 0.374 e. The van der Waals surface area contributed by atoms with E-state index in [9.17, 15) is 0 Å². The van der Waals surface area contributed by atoms with Crippen molar-refractivity contribution in [1.29, 1.82) is 0 Å². The van der Waals surface area contributed by atoms with E-state index in [1.807, 2.05) is 0 Å². The fourth-order valence-electron chi connectivity index (χ4n) is 1.51. The molecule has 0 amide bonds. The average Bonchev–Trinajstić information content (AvgIpc) is 2.63. The molecule has 1 aromatic rings. The molecule has 3 heteroatoms. The Balaban J connectivity index is 2.41. The quantitative estimate of drug-likeness (QED) is 0.835. The van der Waals surface area contributed by atoms with Crippen LogP contribution in [0.1, 0.15) is 45.7 Å². The van der Waals surface area contributed by atoms with Gasteiger partial charge in [-0.2, -0.15) is 0 Å². The van der Waals surface area contributed by atoms with E-state index < -0.39 is 0 Å². The first-order valence-electron chi connectivity index (χ1n) is 5.97. The van der Waals surface area contributed by atoms with E-state index in [1.165, 1.54) is 5.56 Å². The summed E-state index contributed by atoms with van der Waals surface area (Å²) < 4.78 is 7.81. The van der Waals surface area contributed by atoms with Gasteiger partial charge in [-0.05, 0) is 38.8 Å². The summed E-state index contributed by atoms with van der Waals surface area (Å²) in [4.78, 5) is 0. The highest BCUT2D eigenvalue weighted by Crippen LogP contribution is 2.14. The summed E-state index contributed by atoms with van der Waals surface area (Å²) in [6.07, 6.45) is 5.15. The van der Waals surface area contributed by atoms with Gasteiger partial charge in [-0.25, -0.2) is 0 Å². The first-order chi connectivity index (χ1) is 7.42. The average molecular weight is 224 g/mol. The van der Waals surface area contributed by atoms with Crippen LogP contribution in [0.15, 0.2) is 18.5 Å². The number of nitrogens with two attached hydrogens (primary N) is 1. The van der Waals surface area contributed by atoms with Crippen molar-refractivity contribution in [1.82, 2.24) is 4.57 Å². The van der Waals surface area contributed by atoms with Crippen LogP contribution in [0.25, 0.3) is 0 Å². The molecule has 0 aliphatic heterocycles. The zero-order chi connectivity index (χ0) is 12.2. The van der Waals surface area contributed by atoms with E-state index in [0.717, 1.165) is 19.6 Å². The maximum Gasteiger partial charge on any atom is 0.0652 e. The second-order valence-electron chi connectivity index (χ2n) is 5.16. The minimum atomic E-state index is -0.0597. The number of hydrogen-bond acceptors (Lipinski definition) is 2. The molecule has 1 unspecified atom stereocenters. The normalized spacial score (nSPS) is 14.1. The number of hydrogen-bond donors (Lipinski definition) is 1. The number of rotatable bonds is 5. The van der Waals surface area contributed by atoms with Crippen LogP contribution in [-0.4, -0.2) is 16.8 Å². The molecule has 0 saturated heterocycles. The maximum absolute atomic E-state index is 5.96. The third-order valence-electron chi connectivity index (χ3n) is 2.53. The lowest BCUT2D eigenvalue weighted by molar-refractivity contribution is -0.00679. The third-order valence-corrected chi connectivity index (χ3v) is 2.53. The molecule has 0 spiro atoms. The van der Waals surface area contributed by atoms with Crippen molar-refractivity contribution in [3.05, 3.63) is 24.0 Å². The molecule has 2 N–H and O–H groups in total. The SMILES string of the molecule is CCC(N)c1ccn(CCOC(C)(C)C)c1. The molecule has 1 atom stereocenters. The Morgan fingerprint density at radius 2 is 2.12 bits per heavy atom. The molecule has 0 aliphatic rings. The van der Waals surface area contributed by atoms with Gasteiger partial charge in [0.15, 0.2) is 0 Å². The van der Waals surface area contributed by atoms with Crippen LogP contribution in [0.3, 0.4) is 0 Å². The summed E-state index contributed by atoms with van der Waals surface area (Å²) in [6, 6.07) is 2.25. The van der Waals surface area contributed by atoms with Gasteiger partial charge in [0.1, 0.15) is 0 Å². The smallest absolute Gasteiger partial charge is 0.0652 e. The summed E-state index contributed by atoms with van der Waals surface area (Å²) in [5.41, 5.74) is 7.11. The molecule has 92 valence electrons. The third kappa shape index (κ3) is 4.37. The molecular weight excluding hydrogens is 200 g/mol. The van der Waals surface area contributed by atoms with Crippen molar-refractivity contribution in [2.45, 2.75) is 52.3 Å². The lowest BCUT2D eigenvalue weighted by atomic mass is 10.1. The van der Waals surface area contributed by atoms with Crippen LogP contribution in [0.5, 0.6) is 0 Å². The zero-order valence-corrected chi connectivity index (χ0v) is 10.9. The van der Waals surface area contributed by atoms with Gasteiger partial charge in [-0.15, -0.1) is 0 Å². The first kappa shape index (κ1) is 13.3. The molecule has 0 bridgehead atoms. The summed E-state index contributed by atoms with van der Waals surface area (Å²) in [5, 5.41) is 0. The Labute approximate surface area is 98.6 Å². The van der Waals surface area contributed by atoms with Gasteiger partial charge in [0.2, 0.25) is 0 Å². The van der Waals surface area contributed by atoms with E-state index in [4.69, 9.17) is 10.5 Å². The molecule has 3 nitrogen and oxygen atoms in total. The summed E-state index contributed by atoms with van der Waals surface area (Å²) >= 11 is 0. The van der Waals surface area contributed by atoms with Gasteiger partial charge in [-0.3, -0.25) is 0 Å². The summed E-state index contributed by atoms with van der Waals surface area (Å²) in [5.74, 6) is 0. The van der Waals surface area contributed by atoms with E-state index >= 15 is 0 Å². The molecule has 1 heterocycles. The fourth-order valence-corrected chi connectivity index (χ4v) is 1.51. The predicted molar refractivity (Wildman–Crippen MR) is 67.4 cm³/mol. The molecule has 0 aliphatic carbocycles. The van der Waals surface area contributed by atoms with Crippen molar-refractivity contribution in [3.63, 3.8) is 0 Å². The predicted octanol–water partition coefficient (Wildman–Crippen LogP) is 2.71.